The number of rotatable bonds is 5. The van der Waals surface area contributed by atoms with Gasteiger partial charge in [0.05, 0.1) is 4.92 Å². The molecule has 0 aliphatic carbocycles. The molecule has 1 rings (SSSR count). The number of nitro groups is 1. The minimum atomic E-state index is -0.367. The molecule has 0 heterocycles. The first-order chi connectivity index (χ1) is 7.54. The van der Waals surface area contributed by atoms with Gasteiger partial charge in [0.1, 0.15) is 0 Å². The van der Waals surface area contributed by atoms with Crippen LogP contribution in [-0.4, -0.2) is 11.0 Å². The van der Waals surface area contributed by atoms with Crippen LogP contribution in [0.3, 0.4) is 0 Å². The predicted octanol–water partition coefficient (Wildman–Crippen LogP) is 2.51. The summed E-state index contributed by atoms with van der Waals surface area (Å²) < 4.78 is 0. The molecule has 0 bridgehead atoms. The van der Waals surface area contributed by atoms with Gasteiger partial charge in [-0.05, 0) is 24.3 Å². The topological polar surface area (TPSA) is 69.2 Å². The molecule has 1 aromatic rings. The van der Waals surface area contributed by atoms with Crippen molar-refractivity contribution in [1.29, 1.82) is 0 Å². The van der Waals surface area contributed by atoms with Gasteiger partial charge < -0.3 is 5.73 Å². The van der Waals surface area contributed by atoms with Gasteiger partial charge in [-0.2, -0.15) is 0 Å². The van der Waals surface area contributed by atoms with Crippen molar-refractivity contribution in [3.05, 3.63) is 39.9 Å². The van der Waals surface area contributed by atoms with E-state index in [9.17, 15) is 10.1 Å². The number of non-ortho nitro benzene ring substituents is 1. The lowest BCUT2D eigenvalue weighted by Crippen LogP contribution is -2.28. The van der Waals surface area contributed by atoms with Crippen molar-refractivity contribution in [2.45, 2.75) is 32.7 Å². The van der Waals surface area contributed by atoms with Crippen LogP contribution in [0.25, 0.3) is 0 Å². The zero-order chi connectivity index (χ0) is 12.1. The van der Waals surface area contributed by atoms with Crippen LogP contribution in [0.15, 0.2) is 24.3 Å². The van der Waals surface area contributed by atoms with Crippen LogP contribution in [0.4, 0.5) is 5.69 Å². The van der Waals surface area contributed by atoms with E-state index in [-0.39, 0.29) is 16.7 Å². The third-order valence-electron chi connectivity index (χ3n) is 2.88. The Morgan fingerprint density at radius 1 is 1.50 bits per heavy atom. The van der Waals surface area contributed by atoms with Gasteiger partial charge in [0.25, 0.3) is 5.69 Å². The van der Waals surface area contributed by atoms with E-state index < -0.39 is 0 Å². The van der Waals surface area contributed by atoms with Crippen LogP contribution in [0.1, 0.15) is 25.8 Å². The molecule has 0 aromatic heterocycles. The molecule has 2 atom stereocenters. The summed E-state index contributed by atoms with van der Waals surface area (Å²) in [5.41, 5.74) is 7.05. The summed E-state index contributed by atoms with van der Waals surface area (Å²) in [5, 5.41) is 10.6. The summed E-state index contributed by atoms with van der Waals surface area (Å²) in [6, 6.07) is 6.91. The van der Waals surface area contributed by atoms with Crippen molar-refractivity contribution in [3.8, 4) is 0 Å². The summed E-state index contributed by atoms with van der Waals surface area (Å²) in [6.07, 6.45) is 1.72. The molecule has 16 heavy (non-hydrogen) atoms. The highest BCUT2D eigenvalue weighted by molar-refractivity contribution is 5.34. The molecule has 2 N–H and O–H groups in total. The molecular weight excluding hydrogens is 204 g/mol. The van der Waals surface area contributed by atoms with Gasteiger partial charge in [-0.1, -0.05) is 26.0 Å². The molecule has 0 radical (unpaired) electrons. The van der Waals surface area contributed by atoms with Crippen LogP contribution < -0.4 is 5.73 Å². The van der Waals surface area contributed by atoms with Gasteiger partial charge in [-0.3, -0.25) is 10.1 Å². The SMILES string of the molecule is CCC(N)C(C)Cc1cccc([N+](=O)[O-])c1. The van der Waals surface area contributed by atoms with Gasteiger partial charge in [-0.15, -0.1) is 0 Å². The lowest BCUT2D eigenvalue weighted by atomic mass is 9.93. The van der Waals surface area contributed by atoms with Gasteiger partial charge in [-0.25, -0.2) is 0 Å². The Hall–Kier alpha value is -1.42. The molecule has 0 fully saturated rings. The molecule has 0 aliphatic rings. The third-order valence-corrected chi connectivity index (χ3v) is 2.88. The molecule has 0 saturated carbocycles. The van der Waals surface area contributed by atoms with Crippen molar-refractivity contribution in [2.24, 2.45) is 11.7 Å². The number of benzene rings is 1. The Balaban J connectivity index is 2.74. The zero-order valence-electron chi connectivity index (χ0n) is 9.72. The summed E-state index contributed by atoms with van der Waals surface area (Å²) in [7, 11) is 0. The quantitative estimate of drug-likeness (QED) is 0.614. The van der Waals surface area contributed by atoms with Gasteiger partial charge >= 0.3 is 0 Å². The van der Waals surface area contributed by atoms with Gasteiger partial charge in [0.2, 0.25) is 0 Å². The molecule has 4 nitrogen and oxygen atoms in total. The summed E-state index contributed by atoms with van der Waals surface area (Å²) in [5.74, 6) is 0.340. The maximum atomic E-state index is 10.6. The van der Waals surface area contributed by atoms with Gasteiger partial charge in [0.15, 0.2) is 0 Å². The number of nitrogens with zero attached hydrogens (tertiary/aromatic N) is 1. The molecule has 0 aliphatic heterocycles. The Kier molecular flexibility index (Phi) is 4.43. The van der Waals surface area contributed by atoms with E-state index in [1.165, 1.54) is 6.07 Å². The molecule has 0 saturated heterocycles. The number of hydrogen-bond donors (Lipinski definition) is 1. The monoisotopic (exact) mass is 222 g/mol. The zero-order valence-corrected chi connectivity index (χ0v) is 9.72. The van der Waals surface area contributed by atoms with E-state index in [1.807, 2.05) is 6.07 Å². The molecule has 0 spiro atoms. The summed E-state index contributed by atoms with van der Waals surface area (Å²) in [4.78, 5) is 10.2. The van der Waals surface area contributed by atoms with Crippen LogP contribution in [0, 0.1) is 16.0 Å². The molecule has 88 valence electrons. The standard InChI is InChI=1S/C12H18N2O2/c1-3-12(13)9(2)7-10-5-4-6-11(8-10)14(15)16/h4-6,8-9,12H,3,7,13H2,1-2H3. The first kappa shape index (κ1) is 12.6. The Morgan fingerprint density at radius 3 is 2.75 bits per heavy atom. The van der Waals surface area contributed by atoms with Crippen molar-refractivity contribution in [3.63, 3.8) is 0 Å². The third kappa shape index (κ3) is 3.31. The van der Waals surface area contributed by atoms with Gasteiger partial charge in [0, 0.05) is 18.2 Å². The molecule has 0 amide bonds. The normalized spacial score (nSPS) is 14.4. The Bertz CT molecular complexity index is 366. The van der Waals surface area contributed by atoms with E-state index in [2.05, 4.69) is 13.8 Å². The average Bonchev–Trinajstić information content (AvgIpc) is 2.28. The highest BCUT2D eigenvalue weighted by Gasteiger charge is 2.13. The number of hydrogen-bond acceptors (Lipinski definition) is 3. The highest BCUT2D eigenvalue weighted by atomic mass is 16.6. The van der Waals surface area contributed by atoms with Crippen molar-refractivity contribution in [1.82, 2.24) is 0 Å². The number of nitro benzene ring substituents is 1. The maximum Gasteiger partial charge on any atom is 0.269 e. The smallest absolute Gasteiger partial charge is 0.269 e. The molecule has 4 heteroatoms. The predicted molar refractivity (Wildman–Crippen MR) is 64.2 cm³/mol. The van der Waals surface area contributed by atoms with E-state index in [0.717, 1.165) is 18.4 Å². The van der Waals surface area contributed by atoms with Crippen LogP contribution in [0.5, 0.6) is 0 Å². The maximum absolute atomic E-state index is 10.6. The van der Waals surface area contributed by atoms with Crippen molar-refractivity contribution < 1.29 is 4.92 Å². The Labute approximate surface area is 95.6 Å². The largest absolute Gasteiger partial charge is 0.327 e. The van der Waals surface area contributed by atoms with Crippen molar-refractivity contribution >= 4 is 5.69 Å². The lowest BCUT2D eigenvalue weighted by Gasteiger charge is -2.17. The van der Waals surface area contributed by atoms with Crippen LogP contribution in [-0.2, 0) is 6.42 Å². The Morgan fingerprint density at radius 2 is 2.19 bits per heavy atom. The lowest BCUT2D eigenvalue weighted by molar-refractivity contribution is -0.384. The minimum Gasteiger partial charge on any atom is -0.327 e. The van der Waals surface area contributed by atoms with Crippen LogP contribution in [0.2, 0.25) is 0 Å². The molecular formula is C12H18N2O2. The van der Waals surface area contributed by atoms with E-state index in [4.69, 9.17) is 5.73 Å². The summed E-state index contributed by atoms with van der Waals surface area (Å²) >= 11 is 0. The van der Waals surface area contributed by atoms with E-state index in [0.29, 0.717) is 5.92 Å². The first-order valence-corrected chi connectivity index (χ1v) is 5.53. The van der Waals surface area contributed by atoms with Crippen LogP contribution >= 0.6 is 0 Å². The molecule has 1 aromatic carbocycles. The second kappa shape index (κ2) is 5.61. The number of nitrogens with two attached hydrogens (primary N) is 1. The fourth-order valence-electron chi connectivity index (χ4n) is 1.72. The first-order valence-electron chi connectivity index (χ1n) is 5.53. The minimum absolute atomic E-state index is 0.148. The second-order valence-corrected chi connectivity index (χ2v) is 4.18. The highest BCUT2D eigenvalue weighted by Crippen LogP contribution is 2.17. The second-order valence-electron chi connectivity index (χ2n) is 4.18. The average molecular weight is 222 g/mol. The van der Waals surface area contributed by atoms with Crippen molar-refractivity contribution in [2.75, 3.05) is 0 Å². The van der Waals surface area contributed by atoms with E-state index >= 15 is 0 Å². The fraction of sp³-hybridized carbons (Fsp3) is 0.500. The fourth-order valence-corrected chi connectivity index (χ4v) is 1.72. The summed E-state index contributed by atoms with van der Waals surface area (Å²) in [6.45, 7) is 4.13. The van der Waals surface area contributed by atoms with E-state index in [1.54, 1.807) is 12.1 Å². The molecule has 2 unspecified atom stereocenters.